The van der Waals surface area contributed by atoms with Crippen molar-refractivity contribution in [2.75, 3.05) is 30.0 Å². The summed E-state index contributed by atoms with van der Waals surface area (Å²) in [6.07, 6.45) is -3.67. The molecule has 12 nitrogen and oxygen atoms in total. The number of alkyl halides is 2. The molecule has 16 heteroatoms. The maximum atomic E-state index is 15.6. The zero-order valence-electron chi connectivity index (χ0n) is 34.6. The van der Waals surface area contributed by atoms with Crippen LogP contribution in [0.25, 0.3) is 16.6 Å². The van der Waals surface area contributed by atoms with Crippen LogP contribution in [0.1, 0.15) is 71.1 Å². The Morgan fingerprint density at radius 3 is 2.25 bits per heavy atom. The molecule has 5 aromatic rings. The number of carbonyl (C=O) groups is 2. The van der Waals surface area contributed by atoms with E-state index in [4.69, 9.17) is 14.2 Å². The first-order chi connectivity index (χ1) is 28.3. The molecule has 0 radical (unpaired) electrons. The number of anilines is 2. The fraction of sp³-hybridized carbons (Fsp3) is 0.409. The van der Waals surface area contributed by atoms with Gasteiger partial charge in [-0.3, -0.25) is 0 Å². The zero-order valence-corrected chi connectivity index (χ0v) is 34.6. The Morgan fingerprint density at radius 1 is 0.933 bits per heavy atom. The fourth-order valence-corrected chi connectivity index (χ4v) is 7.38. The van der Waals surface area contributed by atoms with E-state index in [1.54, 1.807) is 72.0 Å². The van der Waals surface area contributed by atoms with Crippen molar-refractivity contribution >= 4 is 29.2 Å². The minimum Gasteiger partial charge on any atom is -0.494 e. The van der Waals surface area contributed by atoms with Crippen molar-refractivity contribution in [1.82, 2.24) is 19.9 Å². The second kappa shape index (κ2) is 17.5. The average Bonchev–Trinajstić information content (AvgIpc) is 3.59. The van der Waals surface area contributed by atoms with E-state index in [1.165, 1.54) is 18.0 Å². The maximum Gasteiger partial charge on any atom is 0.425 e. The number of imide groups is 1. The summed E-state index contributed by atoms with van der Waals surface area (Å²) in [6.45, 7) is 10.5. The predicted octanol–water partition coefficient (Wildman–Crippen LogP) is 8.71. The minimum absolute atomic E-state index is 0.0286. The third-order valence-electron chi connectivity index (χ3n) is 10.1. The topological polar surface area (TPSA) is 131 Å². The molecule has 0 spiro atoms. The van der Waals surface area contributed by atoms with Gasteiger partial charge in [0.2, 0.25) is 0 Å². The van der Waals surface area contributed by atoms with Crippen molar-refractivity contribution in [1.29, 1.82) is 0 Å². The second-order valence-corrected chi connectivity index (χ2v) is 16.8. The Balaban J connectivity index is 1.49. The monoisotopic (exact) mass is 834 g/mol. The van der Waals surface area contributed by atoms with Crippen LogP contribution >= 0.6 is 0 Å². The minimum atomic E-state index is -3.05. The van der Waals surface area contributed by atoms with Gasteiger partial charge in [-0.15, -0.1) is 0 Å². The number of benzene rings is 3. The molecule has 1 aliphatic heterocycles. The molecule has 2 N–H and O–H groups in total. The van der Waals surface area contributed by atoms with Crippen LogP contribution in [0.2, 0.25) is 0 Å². The number of piperidine rings is 1. The van der Waals surface area contributed by atoms with Gasteiger partial charge < -0.3 is 29.5 Å². The first-order valence-corrected chi connectivity index (χ1v) is 19.5. The quantitative estimate of drug-likeness (QED) is 0.125. The van der Waals surface area contributed by atoms with E-state index in [1.807, 2.05) is 35.2 Å². The van der Waals surface area contributed by atoms with Gasteiger partial charge in [0, 0.05) is 49.6 Å². The van der Waals surface area contributed by atoms with E-state index < -0.39 is 53.1 Å². The number of hydrogen-bond donors (Lipinski definition) is 2. The Kier molecular flexibility index (Phi) is 12.8. The molecule has 2 amide bonds. The van der Waals surface area contributed by atoms with E-state index in [0.717, 1.165) is 17.7 Å². The highest BCUT2D eigenvalue weighted by Gasteiger charge is 2.46. The van der Waals surface area contributed by atoms with Gasteiger partial charge >= 0.3 is 12.2 Å². The van der Waals surface area contributed by atoms with Gasteiger partial charge in [0.05, 0.1) is 12.6 Å². The number of aliphatic hydroxyl groups excluding tert-OH is 1. The molecule has 0 saturated carbocycles. The molecule has 0 bridgehead atoms. The Hall–Kier alpha value is -5.74. The lowest BCUT2D eigenvalue weighted by atomic mass is 9.82. The number of carbonyl (C=O) groups excluding carboxylic acids is 2. The number of ether oxygens (including phenoxy) is 3. The number of nitrogens with zero attached hydrogens (tertiary/aromatic N) is 5. The molecular weight excluding hydrogens is 785 g/mol. The highest BCUT2D eigenvalue weighted by atomic mass is 19.3. The van der Waals surface area contributed by atoms with Crippen molar-refractivity contribution in [2.24, 2.45) is 0 Å². The number of methoxy groups -OCH3 is 1. The van der Waals surface area contributed by atoms with Crippen molar-refractivity contribution < 1.29 is 46.5 Å². The molecule has 1 fully saturated rings. The van der Waals surface area contributed by atoms with E-state index in [2.05, 4.69) is 15.4 Å². The summed E-state index contributed by atoms with van der Waals surface area (Å²) >= 11 is 0. The van der Waals surface area contributed by atoms with Crippen LogP contribution in [0.15, 0.2) is 79.3 Å². The number of aliphatic hydroxyl groups is 1. The number of halogens is 4. The summed E-state index contributed by atoms with van der Waals surface area (Å²) in [5.41, 5.74) is -0.518. The molecule has 60 heavy (non-hydrogen) atoms. The Morgan fingerprint density at radius 2 is 1.62 bits per heavy atom. The highest BCUT2D eigenvalue weighted by molar-refractivity contribution is 6.11. The number of nitrogens with one attached hydrogen (secondary N) is 1. The van der Waals surface area contributed by atoms with Gasteiger partial charge in [0.25, 0.3) is 6.43 Å². The molecule has 0 aliphatic carbocycles. The number of hydrogen-bond acceptors (Lipinski definition) is 10. The van der Waals surface area contributed by atoms with Gasteiger partial charge in [-0.2, -0.15) is 10.00 Å². The zero-order chi connectivity index (χ0) is 43.6. The molecule has 1 saturated heterocycles. The van der Waals surface area contributed by atoms with E-state index in [-0.39, 0.29) is 48.6 Å². The molecule has 2 atom stereocenters. The van der Waals surface area contributed by atoms with Gasteiger partial charge in [-0.05, 0) is 101 Å². The smallest absolute Gasteiger partial charge is 0.425 e. The van der Waals surface area contributed by atoms with Crippen LogP contribution in [-0.2, 0) is 22.4 Å². The molecule has 320 valence electrons. The largest absolute Gasteiger partial charge is 0.494 e. The number of amides is 2. The van der Waals surface area contributed by atoms with E-state index in [9.17, 15) is 23.5 Å². The van der Waals surface area contributed by atoms with Crippen molar-refractivity contribution in [3.63, 3.8) is 0 Å². The van der Waals surface area contributed by atoms with Crippen molar-refractivity contribution in [2.45, 2.75) is 96.6 Å². The SMILES string of the molecule is COc1cc(F)c(-c2ccc(N3CCC[C@](NCc4ccccc4)([C@H](O)C(F)F)C3)c(Cc3ccn4ncnc(N(C(=O)OC(C)(C)C)C(=O)OC(C)(C)C)c34)c2)cc1F. The van der Waals surface area contributed by atoms with Gasteiger partial charge in [0.1, 0.15) is 35.0 Å². The molecule has 2 aromatic heterocycles. The molecule has 3 aromatic carbocycles. The summed E-state index contributed by atoms with van der Waals surface area (Å²) in [6, 6.07) is 17.9. The predicted molar refractivity (Wildman–Crippen MR) is 219 cm³/mol. The number of fused-ring (bicyclic) bond motifs is 1. The Labute approximate surface area is 346 Å². The average molecular weight is 835 g/mol. The lowest BCUT2D eigenvalue weighted by Gasteiger charge is -2.47. The lowest BCUT2D eigenvalue weighted by molar-refractivity contribution is -0.0657. The van der Waals surface area contributed by atoms with Crippen molar-refractivity contribution in [3.8, 4) is 16.9 Å². The van der Waals surface area contributed by atoms with Gasteiger partial charge in [0.15, 0.2) is 17.4 Å². The first kappa shape index (κ1) is 43.8. The van der Waals surface area contributed by atoms with E-state index >= 15 is 8.78 Å². The third-order valence-corrected chi connectivity index (χ3v) is 10.1. The third kappa shape index (κ3) is 9.82. The van der Waals surface area contributed by atoms with E-state index in [0.29, 0.717) is 40.2 Å². The van der Waals surface area contributed by atoms with Gasteiger partial charge in [-0.1, -0.05) is 36.4 Å². The summed E-state index contributed by atoms with van der Waals surface area (Å²) in [4.78, 5) is 34.5. The second-order valence-electron chi connectivity index (χ2n) is 16.8. The summed E-state index contributed by atoms with van der Waals surface area (Å²) in [5, 5.41) is 18.7. The van der Waals surface area contributed by atoms with Crippen LogP contribution in [-0.4, -0.2) is 81.4 Å². The van der Waals surface area contributed by atoms with Crippen LogP contribution in [0.3, 0.4) is 0 Å². The fourth-order valence-electron chi connectivity index (χ4n) is 7.38. The summed E-state index contributed by atoms with van der Waals surface area (Å²) in [5.74, 6) is -1.94. The van der Waals surface area contributed by atoms with Crippen LogP contribution in [0.5, 0.6) is 5.75 Å². The Bertz CT molecular complexity index is 2300. The first-order valence-electron chi connectivity index (χ1n) is 19.5. The van der Waals surface area contributed by atoms with Crippen LogP contribution in [0.4, 0.5) is 38.7 Å². The molecule has 0 unspecified atom stereocenters. The highest BCUT2D eigenvalue weighted by Crippen LogP contribution is 2.38. The number of rotatable bonds is 11. The molecule has 1 aliphatic rings. The molecule has 3 heterocycles. The summed E-state index contributed by atoms with van der Waals surface area (Å²) in [7, 11) is 1.23. The van der Waals surface area contributed by atoms with Crippen LogP contribution in [0, 0.1) is 11.6 Å². The van der Waals surface area contributed by atoms with Gasteiger partial charge in [-0.25, -0.2) is 36.7 Å². The maximum absolute atomic E-state index is 15.6. The summed E-state index contributed by atoms with van der Waals surface area (Å²) < 4.78 is 77.3. The molecular formula is C44H50F4N6O6. The standard InChI is InChI=1S/C44H50F4N6O6/c1-42(2,3)59-40(56)54(41(57)60-43(4,5)6)39-36-29(16-19-53(36)51-26-49-39)21-30-20-28(31-22-33(46)35(58-7)23-32(31)45)14-15-34(30)52-18-11-17-44(25-52,37(55)38(47)48)50-24-27-12-9-8-10-13-27/h8-10,12-16,19-20,22-23,26,37-38,50,55H,11,17-18,21,24-25H2,1-7H3/t37-,44-/m1/s1. The normalized spacial score (nSPS) is 16.5. The lowest BCUT2D eigenvalue weighted by Crippen LogP contribution is -2.65. The van der Waals surface area contributed by atoms with Crippen molar-refractivity contribution in [3.05, 3.63) is 108 Å². The van der Waals surface area contributed by atoms with Crippen LogP contribution < -0.4 is 19.9 Å². The molecule has 6 rings (SSSR count). The number of aromatic nitrogens is 3.